The molecule has 0 radical (unpaired) electrons. The van der Waals surface area contributed by atoms with Gasteiger partial charge in [0.2, 0.25) is 5.88 Å². The molecule has 1 amide bonds. The number of methoxy groups -OCH3 is 1. The lowest BCUT2D eigenvalue weighted by Crippen LogP contribution is -2.34. The molecule has 0 saturated carbocycles. The number of nitro groups is 1. The average molecular weight is 637 g/mol. The summed E-state index contributed by atoms with van der Waals surface area (Å²) in [6, 6.07) is 13.9. The number of carbonyl (C=O) groups excluding carboxylic acids is 1. The first-order chi connectivity index (χ1) is 21.7. The fraction of sp³-hybridized carbons (Fsp3) is 0.333. The number of ether oxygens (including phenoxy) is 3. The predicted octanol–water partition coefficient (Wildman–Crippen LogP) is 4.12. The molecule has 0 bridgehead atoms. The van der Waals surface area contributed by atoms with Gasteiger partial charge in [0.15, 0.2) is 0 Å². The van der Waals surface area contributed by atoms with E-state index in [0.29, 0.717) is 62.0 Å². The summed E-state index contributed by atoms with van der Waals surface area (Å²) in [5.74, 6) is -0.498. The number of hydrogen-bond acceptors (Lipinski definition) is 11. The lowest BCUT2D eigenvalue weighted by atomic mass is 10.1. The van der Waals surface area contributed by atoms with Gasteiger partial charge in [-0.15, -0.1) is 0 Å². The number of nitrogens with zero attached hydrogens (tertiary/aromatic N) is 3. The summed E-state index contributed by atoms with van der Waals surface area (Å²) in [6.07, 6.45) is 3.75. The van der Waals surface area contributed by atoms with E-state index in [1.54, 1.807) is 31.5 Å². The quantitative estimate of drug-likeness (QED) is 0.178. The second-order valence-corrected chi connectivity index (χ2v) is 12.4. The predicted molar refractivity (Wildman–Crippen MR) is 166 cm³/mol. The van der Waals surface area contributed by atoms with E-state index in [2.05, 4.69) is 20.0 Å². The number of aromatic nitrogens is 2. The van der Waals surface area contributed by atoms with Gasteiger partial charge in [0, 0.05) is 37.8 Å². The molecule has 2 aliphatic rings. The maximum absolute atomic E-state index is 13.5. The summed E-state index contributed by atoms with van der Waals surface area (Å²) in [5.41, 5.74) is 1.55. The van der Waals surface area contributed by atoms with Gasteiger partial charge in [0.25, 0.3) is 21.6 Å². The number of amides is 1. The number of sulfonamides is 1. The Morgan fingerprint density at radius 2 is 2.02 bits per heavy atom. The first-order valence-electron chi connectivity index (χ1n) is 14.4. The zero-order valence-corrected chi connectivity index (χ0v) is 25.2. The van der Waals surface area contributed by atoms with Crippen molar-refractivity contribution in [1.82, 2.24) is 14.7 Å². The zero-order valence-electron chi connectivity index (χ0n) is 24.4. The van der Waals surface area contributed by atoms with Crippen molar-refractivity contribution in [3.63, 3.8) is 0 Å². The smallest absolute Gasteiger partial charge is 0.293 e. The largest absolute Gasteiger partial charge is 0.476 e. The molecule has 14 nitrogen and oxygen atoms in total. The summed E-state index contributed by atoms with van der Waals surface area (Å²) in [4.78, 5) is 33.9. The lowest BCUT2D eigenvalue weighted by Gasteiger charge is -2.28. The van der Waals surface area contributed by atoms with Crippen molar-refractivity contribution in [2.45, 2.75) is 36.4 Å². The topological polar surface area (TPSA) is 178 Å². The zero-order chi connectivity index (χ0) is 31.6. The van der Waals surface area contributed by atoms with Crippen LogP contribution in [-0.4, -0.2) is 74.8 Å². The van der Waals surface area contributed by atoms with Gasteiger partial charge in [-0.3, -0.25) is 14.9 Å². The Kier molecular flexibility index (Phi) is 8.56. The summed E-state index contributed by atoms with van der Waals surface area (Å²) in [7, 11) is -2.87. The monoisotopic (exact) mass is 636 g/mol. The van der Waals surface area contributed by atoms with E-state index in [1.807, 2.05) is 17.0 Å². The highest BCUT2D eigenvalue weighted by Crippen LogP contribution is 2.38. The van der Waals surface area contributed by atoms with Crippen LogP contribution < -0.4 is 19.7 Å². The molecule has 4 aromatic rings. The maximum atomic E-state index is 13.5. The molecule has 1 fully saturated rings. The molecule has 0 aliphatic carbocycles. The van der Waals surface area contributed by atoms with Crippen molar-refractivity contribution in [3.05, 3.63) is 76.5 Å². The fourth-order valence-corrected chi connectivity index (χ4v) is 6.47. The van der Waals surface area contributed by atoms with Gasteiger partial charge in [0.1, 0.15) is 17.0 Å². The number of H-pyrrole nitrogens is 1. The SMILES string of the molecule is CO[C@H]1CC[C@H](CNc2ccc(S(=O)(=O)NC(=O)c3ccccc3N3CCCOc4nc5[nH]ccc5cc43)cc2[N+](=O)[O-])OC1. The van der Waals surface area contributed by atoms with Crippen LogP contribution in [0.15, 0.2) is 65.7 Å². The number of fused-ring (bicyclic) bond motifs is 2. The third kappa shape index (κ3) is 6.41. The molecule has 1 saturated heterocycles. The highest BCUT2D eigenvalue weighted by Gasteiger charge is 2.29. The Bertz CT molecular complexity index is 1840. The molecule has 4 heterocycles. The van der Waals surface area contributed by atoms with Crippen LogP contribution in [0.1, 0.15) is 29.6 Å². The highest BCUT2D eigenvalue weighted by molar-refractivity contribution is 7.90. The van der Waals surface area contributed by atoms with E-state index in [4.69, 9.17) is 14.2 Å². The Morgan fingerprint density at radius 3 is 2.80 bits per heavy atom. The van der Waals surface area contributed by atoms with E-state index in [9.17, 15) is 23.3 Å². The normalized spacial score (nSPS) is 18.5. The van der Waals surface area contributed by atoms with Crippen molar-refractivity contribution < 1.29 is 32.3 Å². The molecule has 15 heteroatoms. The molecular weight excluding hydrogens is 604 g/mol. The molecule has 0 spiro atoms. The average Bonchev–Trinajstić information content (AvgIpc) is 3.41. The minimum Gasteiger partial charge on any atom is -0.476 e. The van der Waals surface area contributed by atoms with Crippen molar-refractivity contribution in [3.8, 4) is 5.88 Å². The van der Waals surface area contributed by atoms with E-state index < -0.39 is 31.4 Å². The number of rotatable bonds is 9. The Hall–Kier alpha value is -4.73. The van der Waals surface area contributed by atoms with Crippen LogP contribution in [0.2, 0.25) is 0 Å². The first-order valence-corrected chi connectivity index (χ1v) is 15.9. The van der Waals surface area contributed by atoms with Gasteiger partial charge in [-0.05, 0) is 55.7 Å². The summed E-state index contributed by atoms with van der Waals surface area (Å²) in [5, 5.41) is 15.7. The number of anilines is 3. The summed E-state index contributed by atoms with van der Waals surface area (Å²) in [6.45, 7) is 1.63. The molecule has 3 N–H and O–H groups in total. The number of pyridine rings is 1. The number of aromatic amines is 1. The first kappa shape index (κ1) is 30.3. The van der Waals surface area contributed by atoms with Gasteiger partial charge in [-0.1, -0.05) is 12.1 Å². The van der Waals surface area contributed by atoms with E-state index in [-0.39, 0.29) is 23.5 Å². The van der Waals surface area contributed by atoms with Crippen molar-refractivity contribution in [2.24, 2.45) is 0 Å². The minimum atomic E-state index is -4.49. The van der Waals surface area contributed by atoms with Crippen LogP contribution in [0.4, 0.5) is 22.7 Å². The number of hydrogen-bond donors (Lipinski definition) is 3. The van der Waals surface area contributed by atoms with Gasteiger partial charge < -0.3 is 29.4 Å². The second-order valence-electron chi connectivity index (χ2n) is 10.7. The third-order valence-electron chi connectivity index (χ3n) is 7.86. The highest BCUT2D eigenvalue weighted by atomic mass is 32.2. The Balaban J connectivity index is 1.23. The number of nitrogens with one attached hydrogen (secondary N) is 3. The minimum absolute atomic E-state index is 0.0176. The van der Waals surface area contributed by atoms with Crippen LogP contribution in [0, 0.1) is 10.1 Å². The molecule has 2 aromatic heterocycles. The van der Waals surface area contributed by atoms with Crippen LogP contribution >= 0.6 is 0 Å². The van der Waals surface area contributed by atoms with E-state index >= 15 is 0 Å². The number of carbonyl (C=O) groups is 1. The van der Waals surface area contributed by atoms with E-state index in [0.717, 1.165) is 17.9 Å². The van der Waals surface area contributed by atoms with Gasteiger partial charge in [0.05, 0.1) is 46.5 Å². The number of para-hydroxylation sites is 1. The van der Waals surface area contributed by atoms with Crippen molar-refractivity contribution in [2.75, 3.05) is 43.6 Å². The fourth-order valence-electron chi connectivity index (χ4n) is 5.48. The molecular formula is C30H32N6O8S. The van der Waals surface area contributed by atoms with Crippen molar-refractivity contribution in [1.29, 1.82) is 0 Å². The Labute approximate surface area is 258 Å². The summed E-state index contributed by atoms with van der Waals surface area (Å²) < 4.78 is 45.7. The standard InChI is InChI=1S/C30H32N6O8S/c1-42-21-8-7-20(44-18-21)17-32-24-10-9-22(16-26(24)36(38)39)45(40,41)34-29(37)23-5-2-3-6-25(23)35-13-4-14-43-30-27(35)15-19-11-12-31-28(19)33-30/h2-3,5-6,9-12,15-16,20-21,32H,4,7-8,13-14,17-18H2,1H3,(H,31,33)(H,34,37)/t20-,21+/m1/s1. The second kappa shape index (κ2) is 12.7. The molecule has 2 aromatic carbocycles. The molecule has 2 aliphatic heterocycles. The number of nitro benzene ring substituents is 1. The molecule has 2 atom stereocenters. The summed E-state index contributed by atoms with van der Waals surface area (Å²) >= 11 is 0. The Morgan fingerprint density at radius 1 is 1.18 bits per heavy atom. The lowest BCUT2D eigenvalue weighted by molar-refractivity contribution is -0.384. The van der Waals surface area contributed by atoms with Crippen LogP contribution in [0.5, 0.6) is 5.88 Å². The van der Waals surface area contributed by atoms with Crippen molar-refractivity contribution >= 4 is 49.7 Å². The van der Waals surface area contributed by atoms with Crippen LogP contribution in [0.3, 0.4) is 0 Å². The van der Waals surface area contributed by atoms with Gasteiger partial charge >= 0.3 is 0 Å². The van der Waals surface area contributed by atoms with Gasteiger partial charge in [-0.2, -0.15) is 4.98 Å². The van der Waals surface area contributed by atoms with Crippen LogP contribution in [0.25, 0.3) is 11.0 Å². The molecule has 0 unspecified atom stereocenters. The molecule has 6 rings (SSSR count). The van der Waals surface area contributed by atoms with E-state index in [1.165, 1.54) is 18.2 Å². The van der Waals surface area contributed by atoms with Gasteiger partial charge in [-0.25, -0.2) is 13.1 Å². The van der Waals surface area contributed by atoms with Crippen LogP contribution in [-0.2, 0) is 19.5 Å². The molecule has 236 valence electrons. The number of benzene rings is 2. The molecule has 45 heavy (non-hydrogen) atoms. The third-order valence-corrected chi connectivity index (χ3v) is 9.19. The maximum Gasteiger partial charge on any atom is 0.293 e.